The number of nitrogens with one attached hydrogen (secondary N) is 3. The molecule has 10 nitrogen and oxygen atoms in total. The summed E-state index contributed by atoms with van der Waals surface area (Å²) in [6.07, 6.45) is -0.0607. The van der Waals surface area contributed by atoms with E-state index < -0.39 is 34.4 Å². The molecule has 0 aliphatic carbocycles. The molecule has 0 aliphatic rings. The maximum Gasteiger partial charge on any atom is 0.405 e. The number of thiazole rings is 1. The Morgan fingerprint density at radius 1 is 1.00 bits per heavy atom. The van der Waals surface area contributed by atoms with Gasteiger partial charge < -0.3 is 15.7 Å². The van der Waals surface area contributed by atoms with Crippen LogP contribution >= 0.6 is 11.3 Å². The zero-order valence-electron chi connectivity index (χ0n) is 18.8. The highest BCUT2D eigenvalue weighted by Gasteiger charge is 2.26. The van der Waals surface area contributed by atoms with Crippen molar-refractivity contribution >= 4 is 39.3 Å². The van der Waals surface area contributed by atoms with E-state index in [2.05, 4.69) is 15.6 Å². The van der Waals surface area contributed by atoms with E-state index in [0.717, 1.165) is 22.6 Å². The third kappa shape index (κ3) is 8.35. The quantitative estimate of drug-likeness (QED) is 0.244. The number of nitrogens with zero attached hydrogens (tertiary/aromatic N) is 1. The standard InChI is InChI=1S/C23H26N4O6S2/c1-2-21-24-20(14-34-21)18(12-16-8-10-17(11-9-16)27-35(31,32)33)25-22(28)19(26-23(29)30)13-15-6-4-3-5-7-15/h3-11,14,18-19,26-27H,2,12-13H2,1H3,(H,25,28)(H,29,30)(H,31,32,33)/t18-,19-/m0/s1. The Balaban J connectivity index is 1.81. The predicted octanol–water partition coefficient (Wildman–Crippen LogP) is 3.20. The molecule has 2 amide bonds. The first kappa shape index (κ1) is 26.1. The third-order valence-corrected chi connectivity index (χ3v) is 6.59. The molecule has 186 valence electrons. The fourth-order valence-corrected chi connectivity index (χ4v) is 4.68. The topological polar surface area (TPSA) is 158 Å². The van der Waals surface area contributed by atoms with Crippen molar-refractivity contribution in [3.8, 4) is 0 Å². The lowest BCUT2D eigenvalue weighted by Gasteiger charge is -2.22. The Morgan fingerprint density at radius 3 is 2.23 bits per heavy atom. The first-order valence-corrected chi connectivity index (χ1v) is 13.1. The monoisotopic (exact) mass is 518 g/mol. The second kappa shape index (κ2) is 11.8. The smallest absolute Gasteiger partial charge is 0.405 e. The number of anilines is 1. The van der Waals surface area contributed by atoms with Crippen LogP contribution in [0.5, 0.6) is 0 Å². The van der Waals surface area contributed by atoms with Crippen LogP contribution in [0, 0.1) is 0 Å². The van der Waals surface area contributed by atoms with E-state index in [4.69, 9.17) is 4.55 Å². The molecule has 0 fully saturated rings. The average molecular weight is 519 g/mol. The number of hydrogen-bond donors (Lipinski definition) is 5. The Bertz CT molecular complexity index is 1250. The Labute approximate surface area is 207 Å². The number of rotatable bonds is 11. The SMILES string of the molecule is CCc1nc([C@H](Cc2ccc(NS(=O)(=O)O)cc2)NC(=O)[C@H](Cc2ccccc2)NC(=O)O)cs1. The second-order valence-corrected chi connectivity index (χ2v) is 9.85. The number of carbonyl (C=O) groups is 2. The van der Waals surface area contributed by atoms with Crippen LogP contribution in [0.4, 0.5) is 10.5 Å². The number of aromatic nitrogens is 1. The molecule has 0 unspecified atom stereocenters. The molecular formula is C23H26N4O6S2. The molecule has 0 saturated carbocycles. The lowest BCUT2D eigenvalue weighted by atomic mass is 10.0. The van der Waals surface area contributed by atoms with Gasteiger partial charge in [-0.25, -0.2) is 9.78 Å². The number of aryl methyl sites for hydroxylation is 1. The first-order valence-electron chi connectivity index (χ1n) is 10.7. The molecule has 3 aromatic rings. The zero-order valence-corrected chi connectivity index (χ0v) is 20.5. The predicted molar refractivity (Wildman–Crippen MR) is 133 cm³/mol. The summed E-state index contributed by atoms with van der Waals surface area (Å²) in [4.78, 5) is 29.1. The Kier molecular flexibility index (Phi) is 8.79. The summed E-state index contributed by atoms with van der Waals surface area (Å²) < 4.78 is 32.9. The Hall–Kier alpha value is -3.48. The van der Waals surface area contributed by atoms with E-state index in [1.165, 1.54) is 23.5 Å². The molecule has 5 N–H and O–H groups in total. The van der Waals surface area contributed by atoms with Gasteiger partial charge in [-0.1, -0.05) is 49.4 Å². The third-order valence-electron chi connectivity index (χ3n) is 5.08. The minimum atomic E-state index is -4.39. The number of amides is 2. The molecule has 0 saturated heterocycles. The summed E-state index contributed by atoms with van der Waals surface area (Å²) in [6, 6.07) is 13.9. The van der Waals surface area contributed by atoms with Crippen molar-refractivity contribution in [3.05, 3.63) is 81.8 Å². The number of benzene rings is 2. The van der Waals surface area contributed by atoms with E-state index in [0.29, 0.717) is 12.1 Å². The minimum Gasteiger partial charge on any atom is -0.465 e. The van der Waals surface area contributed by atoms with Gasteiger partial charge in [0.2, 0.25) is 5.91 Å². The van der Waals surface area contributed by atoms with E-state index in [-0.39, 0.29) is 12.1 Å². The summed E-state index contributed by atoms with van der Waals surface area (Å²) in [5.74, 6) is -0.489. The van der Waals surface area contributed by atoms with Crippen molar-refractivity contribution in [3.63, 3.8) is 0 Å². The van der Waals surface area contributed by atoms with Crippen LogP contribution in [0.15, 0.2) is 60.0 Å². The van der Waals surface area contributed by atoms with Crippen molar-refractivity contribution in [2.45, 2.75) is 38.3 Å². The summed E-state index contributed by atoms with van der Waals surface area (Å²) in [5.41, 5.74) is 2.41. The van der Waals surface area contributed by atoms with Crippen LogP contribution < -0.4 is 15.4 Å². The van der Waals surface area contributed by atoms with Gasteiger partial charge >= 0.3 is 16.4 Å². The molecule has 0 bridgehead atoms. The molecule has 1 aromatic heterocycles. The van der Waals surface area contributed by atoms with Crippen molar-refractivity contribution in [1.82, 2.24) is 15.6 Å². The maximum absolute atomic E-state index is 13.2. The van der Waals surface area contributed by atoms with E-state index in [1.807, 2.05) is 47.4 Å². The van der Waals surface area contributed by atoms with Gasteiger partial charge in [-0.05, 0) is 36.1 Å². The highest BCUT2D eigenvalue weighted by atomic mass is 32.2. The normalized spacial score (nSPS) is 13.0. The van der Waals surface area contributed by atoms with E-state index in [9.17, 15) is 23.1 Å². The van der Waals surface area contributed by atoms with Crippen LogP contribution in [0.1, 0.15) is 34.8 Å². The van der Waals surface area contributed by atoms with Gasteiger partial charge in [0.15, 0.2) is 0 Å². The van der Waals surface area contributed by atoms with Crippen LogP contribution in [0.3, 0.4) is 0 Å². The second-order valence-electron chi connectivity index (χ2n) is 7.75. The first-order chi connectivity index (χ1) is 16.6. The number of carboxylic acid groups (broad SMARTS) is 1. The highest BCUT2D eigenvalue weighted by molar-refractivity contribution is 7.87. The zero-order chi connectivity index (χ0) is 25.4. The molecule has 12 heteroatoms. The average Bonchev–Trinajstić information content (AvgIpc) is 3.28. The fraction of sp³-hybridized carbons (Fsp3) is 0.261. The van der Waals surface area contributed by atoms with Crippen LogP contribution in [0.2, 0.25) is 0 Å². The van der Waals surface area contributed by atoms with Gasteiger partial charge in [-0.2, -0.15) is 8.42 Å². The lowest BCUT2D eigenvalue weighted by molar-refractivity contribution is -0.123. The van der Waals surface area contributed by atoms with Crippen molar-refractivity contribution in [2.75, 3.05) is 4.72 Å². The van der Waals surface area contributed by atoms with E-state index in [1.54, 1.807) is 12.1 Å². The van der Waals surface area contributed by atoms with Crippen LogP contribution in [-0.2, 0) is 34.4 Å². The molecule has 35 heavy (non-hydrogen) atoms. The Morgan fingerprint density at radius 2 is 1.66 bits per heavy atom. The van der Waals surface area contributed by atoms with Gasteiger partial charge in [-0.3, -0.25) is 14.1 Å². The molecule has 1 heterocycles. The van der Waals surface area contributed by atoms with Gasteiger partial charge in [0, 0.05) is 11.8 Å². The van der Waals surface area contributed by atoms with Gasteiger partial charge in [-0.15, -0.1) is 11.3 Å². The number of carbonyl (C=O) groups excluding carboxylic acids is 1. The van der Waals surface area contributed by atoms with Gasteiger partial charge in [0.05, 0.1) is 22.4 Å². The maximum atomic E-state index is 13.2. The molecular weight excluding hydrogens is 492 g/mol. The molecule has 2 aromatic carbocycles. The molecule has 2 atom stereocenters. The minimum absolute atomic E-state index is 0.180. The molecule has 0 aliphatic heterocycles. The molecule has 0 radical (unpaired) electrons. The van der Waals surface area contributed by atoms with E-state index >= 15 is 0 Å². The summed E-state index contributed by atoms with van der Waals surface area (Å²) >= 11 is 1.47. The largest absolute Gasteiger partial charge is 0.465 e. The highest BCUT2D eigenvalue weighted by Crippen LogP contribution is 2.23. The fourth-order valence-electron chi connectivity index (χ4n) is 3.45. The van der Waals surface area contributed by atoms with Gasteiger partial charge in [0.25, 0.3) is 0 Å². The van der Waals surface area contributed by atoms with Gasteiger partial charge in [0.1, 0.15) is 6.04 Å². The summed E-state index contributed by atoms with van der Waals surface area (Å²) in [7, 11) is -4.39. The number of hydrogen-bond acceptors (Lipinski definition) is 6. The van der Waals surface area contributed by atoms with Crippen molar-refractivity contribution in [2.24, 2.45) is 0 Å². The lowest BCUT2D eigenvalue weighted by Crippen LogP contribution is -2.48. The van der Waals surface area contributed by atoms with Crippen molar-refractivity contribution in [1.29, 1.82) is 0 Å². The molecule has 3 rings (SSSR count). The molecule has 0 spiro atoms. The summed E-state index contributed by atoms with van der Waals surface area (Å²) in [5, 5.41) is 17.2. The van der Waals surface area contributed by atoms with Crippen LogP contribution in [-0.4, -0.2) is 41.1 Å². The summed E-state index contributed by atoms with van der Waals surface area (Å²) in [6.45, 7) is 1.98. The van der Waals surface area contributed by atoms with Crippen molar-refractivity contribution < 1.29 is 27.7 Å². The van der Waals surface area contributed by atoms with Crippen LogP contribution in [0.25, 0.3) is 0 Å².